The molecule has 0 saturated carbocycles. The number of H-pyrrole nitrogens is 1. The Hall–Kier alpha value is -3.34. The molecule has 0 bridgehead atoms. The van der Waals surface area contributed by atoms with Crippen molar-refractivity contribution in [1.82, 2.24) is 4.98 Å². The van der Waals surface area contributed by atoms with E-state index in [0.29, 0.717) is 34.0 Å². The lowest BCUT2D eigenvalue weighted by molar-refractivity contribution is -0.137. The molecular formula is C22H14F3NO. The maximum Gasteiger partial charge on any atom is 0.416 e. The molecule has 4 aromatic rings. The normalized spacial score (nSPS) is 11.7. The highest BCUT2D eigenvalue weighted by atomic mass is 19.4. The van der Waals surface area contributed by atoms with Crippen LogP contribution < -0.4 is 0 Å². The first kappa shape index (κ1) is 17.1. The maximum absolute atomic E-state index is 13.0. The zero-order valence-corrected chi connectivity index (χ0v) is 14.0. The predicted molar refractivity (Wildman–Crippen MR) is 99.6 cm³/mol. The zero-order valence-electron chi connectivity index (χ0n) is 14.0. The van der Waals surface area contributed by atoms with Gasteiger partial charge >= 0.3 is 6.18 Å². The maximum atomic E-state index is 13.0. The van der Waals surface area contributed by atoms with Gasteiger partial charge in [0.2, 0.25) is 0 Å². The summed E-state index contributed by atoms with van der Waals surface area (Å²) in [4.78, 5) is 14.9. The second-order valence-corrected chi connectivity index (χ2v) is 6.24. The summed E-state index contributed by atoms with van der Waals surface area (Å²) < 4.78 is 39.1. The van der Waals surface area contributed by atoms with Crippen LogP contribution in [0, 0.1) is 0 Å². The van der Waals surface area contributed by atoms with Crippen molar-refractivity contribution in [2.75, 3.05) is 0 Å². The molecule has 1 heterocycles. The summed E-state index contributed by atoms with van der Waals surface area (Å²) in [5.41, 5.74) is 2.94. The highest BCUT2D eigenvalue weighted by Crippen LogP contribution is 2.35. The Balaban J connectivity index is 1.89. The molecule has 4 rings (SSSR count). The van der Waals surface area contributed by atoms with E-state index in [2.05, 4.69) is 4.98 Å². The number of aldehydes is 1. The third-order valence-corrected chi connectivity index (χ3v) is 4.54. The predicted octanol–water partition coefficient (Wildman–Crippen LogP) is 6.33. The van der Waals surface area contributed by atoms with Gasteiger partial charge in [-0.3, -0.25) is 4.79 Å². The van der Waals surface area contributed by atoms with Crippen molar-refractivity contribution >= 4 is 17.2 Å². The Morgan fingerprint density at radius 3 is 2.22 bits per heavy atom. The molecule has 0 aliphatic rings. The second kappa shape index (κ2) is 6.43. The van der Waals surface area contributed by atoms with E-state index in [-0.39, 0.29) is 0 Å². The van der Waals surface area contributed by atoms with E-state index in [1.54, 1.807) is 6.07 Å². The zero-order chi connectivity index (χ0) is 19.0. The number of rotatable bonds is 3. The fourth-order valence-corrected chi connectivity index (χ4v) is 3.22. The van der Waals surface area contributed by atoms with Crippen LogP contribution in [0.15, 0.2) is 72.8 Å². The van der Waals surface area contributed by atoms with Crippen molar-refractivity contribution in [3.05, 3.63) is 83.9 Å². The van der Waals surface area contributed by atoms with Gasteiger partial charge in [0.1, 0.15) is 0 Å². The summed E-state index contributed by atoms with van der Waals surface area (Å²) >= 11 is 0. The molecule has 1 N–H and O–H groups in total. The highest BCUT2D eigenvalue weighted by Gasteiger charge is 2.30. The molecule has 0 fully saturated rings. The standard InChI is InChI=1S/C22H14F3NO/c23-22(24,25)17-8-4-7-16(11-17)21-19(13-27)18-12-15(9-10-20(18)26-21)14-5-2-1-3-6-14/h1-13,26H. The van der Waals surface area contributed by atoms with Gasteiger partial charge < -0.3 is 4.98 Å². The number of nitrogens with one attached hydrogen (secondary N) is 1. The summed E-state index contributed by atoms with van der Waals surface area (Å²) in [7, 11) is 0. The number of carbonyl (C=O) groups excluding carboxylic acids is 1. The smallest absolute Gasteiger partial charge is 0.354 e. The molecule has 27 heavy (non-hydrogen) atoms. The number of carbonyl (C=O) groups is 1. The Kier molecular flexibility index (Phi) is 4.07. The Morgan fingerprint density at radius 1 is 0.778 bits per heavy atom. The summed E-state index contributed by atoms with van der Waals surface area (Å²) in [5.74, 6) is 0. The van der Waals surface area contributed by atoms with Crippen molar-refractivity contribution in [1.29, 1.82) is 0 Å². The third kappa shape index (κ3) is 3.12. The van der Waals surface area contributed by atoms with Gasteiger partial charge in [-0.1, -0.05) is 48.5 Å². The minimum atomic E-state index is -4.44. The van der Waals surface area contributed by atoms with E-state index in [4.69, 9.17) is 0 Å². The third-order valence-electron chi connectivity index (χ3n) is 4.54. The van der Waals surface area contributed by atoms with E-state index in [0.717, 1.165) is 23.3 Å². The molecule has 2 nitrogen and oxygen atoms in total. The summed E-state index contributed by atoms with van der Waals surface area (Å²) in [6, 6.07) is 20.3. The van der Waals surface area contributed by atoms with Crippen LogP contribution >= 0.6 is 0 Å². The van der Waals surface area contributed by atoms with E-state index in [1.807, 2.05) is 48.5 Å². The molecule has 134 valence electrons. The van der Waals surface area contributed by atoms with Crippen LogP contribution in [-0.4, -0.2) is 11.3 Å². The first-order valence-corrected chi connectivity index (χ1v) is 8.31. The van der Waals surface area contributed by atoms with Crippen LogP contribution in [0.4, 0.5) is 13.2 Å². The molecule has 0 aliphatic heterocycles. The number of benzene rings is 3. The fraction of sp³-hybridized carbons (Fsp3) is 0.0455. The van der Waals surface area contributed by atoms with Gasteiger partial charge in [-0.05, 0) is 41.0 Å². The lowest BCUT2D eigenvalue weighted by atomic mass is 10.0. The van der Waals surface area contributed by atoms with Gasteiger partial charge in [0.05, 0.1) is 11.3 Å². The lowest BCUT2D eigenvalue weighted by Gasteiger charge is -2.08. The van der Waals surface area contributed by atoms with Crippen LogP contribution in [0.1, 0.15) is 15.9 Å². The summed E-state index contributed by atoms with van der Waals surface area (Å²) in [5, 5.41) is 0.679. The molecule has 3 aromatic carbocycles. The van der Waals surface area contributed by atoms with Crippen LogP contribution in [0.3, 0.4) is 0 Å². The minimum absolute atomic E-state index is 0.324. The number of aromatic nitrogens is 1. The number of alkyl halides is 3. The highest BCUT2D eigenvalue weighted by molar-refractivity contribution is 6.05. The topological polar surface area (TPSA) is 32.9 Å². The lowest BCUT2D eigenvalue weighted by Crippen LogP contribution is -2.04. The van der Waals surface area contributed by atoms with E-state index < -0.39 is 11.7 Å². The number of fused-ring (bicyclic) bond motifs is 1. The minimum Gasteiger partial charge on any atom is -0.354 e. The van der Waals surface area contributed by atoms with Gasteiger partial charge in [0.25, 0.3) is 0 Å². The molecule has 0 spiro atoms. The average Bonchev–Trinajstić information content (AvgIpc) is 3.06. The van der Waals surface area contributed by atoms with Gasteiger partial charge in [-0.15, -0.1) is 0 Å². The molecule has 5 heteroatoms. The van der Waals surface area contributed by atoms with Crippen molar-refractivity contribution in [3.63, 3.8) is 0 Å². The largest absolute Gasteiger partial charge is 0.416 e. The van der Waals surface area contributed by atoms with Crippen molar-refractivity contribution in [2.45, 2.75) is 6.18 Å². The molecule has 0 atom stereocenters. The molecule has 0 saturated heterocycles. The fourth-order valence-electron chi connectivity index (χ4n) is 3.22. The summed E-state index contributed by atoms with van der Waals surface area (Å²) in [6.07, 6.45) is -3.76. The van der Waals surface area contributed by atoms with Crippen molar-refractivity contribution < 1.29 is 18.0 Å². The first-order valence-electron chi connectivity index (χ1n) is 8.31. The van der Waals surface area contributed by atoms with E-state index >= 15 is 0 Å². The molecule has 0 aliphatic carbocycles. The molecule has 1 aromatic heterocycles. The monoisotopic (exact) mass is 365 g/mol. The van der Waals surface area contributed by atoms with Crippen molar-refractivity contribution in [3.8, 4) is 22.4 Å². The molecular weight excluding hydrogens is 351 g/mol. The summed E-state index contributed by atoms with van der Waals surface area (Å²) in [6.45, 7) is 0. The van der Waals surface area contributed by atoms with Gasteiger partial charge in [-0.2, -0.15) is 13.2 Å². The number of aromatic amines is 1. The Bertz CT molecular complexity index is 1130. The van der Waals surface area contributed by atoms with Crippen LogP contribution in [-0.2, 0) is 6.18 Å². The Morgan fingerprint density at radius 2 is 1.52 bits per heavy atom. The van der Waals surface area contributed by atoms with Crippen LogP contribution in [0.5, 0.6) is 0 Å². The average molecular weight is 365 g/mol. The van der Waals surface area contributed by atoms with Gasteiger partial charge in [0, 0.05) is 16.5 Å². The quantitative estimate of drug-likeness (QED) is 0.423. The number of halogens is 3. The second-order valence-electron chi connectivity index (χ2n) is 6.24. The van der Waals surface area contributed by atoms with Crippen LogP contribution in [0.25, 0.3) is 33.3 Å². The SMILES string of the molecule is O=Cc1c(-c2cccc(C(F)(F)F)c2)[nH]c2ccc(-c3ccccc3)cc12. The van der Waals surface area contributed by atoms with Crippen molar-refractivity contribution in [2.24, 2.45) is 0 Å². The number of hydrogen-bond acceptors (Lipinski definition) is 1. The first-order chi connectivity index (χ1) is 13.0. The Labute approximate surface area is 153 Å². The van der Waals surface area contributed by atoms with Gasteiger partial charge in [-0.25, -0.2) is 0 Å². The molecule has 0 unspecified atom stereocenters. The van der Waals surface area contributed by atoms with E-state index in [1.165, 1.54) is 6.07 Å². The number of hydrogen-bond donors (Lipinski definition) is 1. The van der Waals surface area contributed by atoms with E-state index in [9.17, 15) is 18.0 Å². The molecule has 0 amide bonds. The van der Waals surface area contributed by atoms with Crippen LogP contribution in [0.2, 0.25) is 0 Å². The molecule has 0 radical (unpaired) electrons. The van der Waals surface area contributed by atoms with Gasteiger partial charge in [0.15, 0.2) is 6.29 Å².